The largest absolute Gasteiger partial charge is 0.434 e. The topological polar surface area (TPSA) is 72.2 Å². The Hall–Kier alpha value is -3.02. The summed E-state index contributed by atoms with van der Waals surface area (Å²) in [5.74, 6) is -1.29. The van der Waals surface area contributed by atoms with E-state index in [0.717, 1.165) is 5.56 Å². The number of oxazole rings is 1. The summed E-state index contributed by atoms with van der Waals surface area (Å²) >= 11 is 0. The minimum atomic E-state index is -1.68. The molecule has 1 aromatic heterocycles. The van der Waals surface area contributed by atoms with Crippen LogP contribution in [-0.4, -0.2) is 28.9 Å². The molecule has 2 unspecified atom stereocenters. The van der Waals surface area contributed by atoms with Crippen molar-refractivity contribution in [3.63, 3.8) is 0 Å². The summed E-state index contributed by atoms with van der Waals surface area (Å²) in [5.41, 5.74) is 2.03. The summed E-state index contributed by atoms with van der Waals surface area (Å²) < 4.78 is 19.9. The van der Waals surface area contributed by atoms with E-state index in [1.807, 2.05) is 37.3 Å². The van der Waals surface area contributed by atoms with Crippen LogP contribution in [-0.2, 0) is 11.2 Å². The van der Waals surface area contributed by atoms with Crippen LogP contribution in [0.1, 0.15) is 42.4 Å². The van der Waals surface area contributed by atoms with Crippen LogP contribution in [0.5, 0.6) is 0 Å². The van der Waals surface area contributed by atoms with Gasteiger partial charge in [0, 0.05) is 0 Å². The molecule has 0 radical (unpaired) electrons. The number of hydrogen-bond donors (Lipinski definition) is 1. The average Bonchev–Trinajstić information content (AvgIpc) is 3.16. The van der Waals surface area contributed by atoms with Gasteiger partial charge in [-0.05, 0) is 37.0 Å². The number of Topliss-reactive ketones (excluding diaryl/α,β-unsaturated/α-hetero) is 1. The van der Waals surface area contributed by atoms with Crippen molar-refractivity contribution in [2.45, 2.75) is 44.8 Å². The number of aromatic nitrogens is 1. The number of para-hydroxylation sites is 2. The fourth-order valence-corrected chi connectivity index (χ4v) is 3.02. The van der Waals surface area contributed by atoms with Gasteiger partial charge < -0.3 is 9.73 Å². The maximum Gasteiger partial charge on any atom is 0.266 e. The van der Waals surface area contributed by atoms with E-state index >= 15 is 0 Å². The van der Waals surface area contributed by atoms with Crippen LogP contribution in [0.4, 0.5) is 4.39 Å². The number of carbonyl (C=O) groups excluding carboxylic acids is 2. The Labute approximate surface area is 163 Å². The molecule has 0 spiro atoms. The third-order valence-corrected chi connectivity index (χ3v) is 4.53. The van der Waals surface area contributed by atoms with Gasteiger partial charge in [-0.2, -0.15) is 0 Å². The van der Waals surface area contributed by atoms with Gasteiger partial charge in [-0.15, -0.1) is 0 Å². The number of nitrogens with one attached hydrogen (secondary N) is 1. The molecule has 146 valence electrons. The standard InChI is InChI=1S/C22H23FN2O3/c1-2-8-18(20(26)22-25-17-11-6-7-12-19(17)28-22)24-21(27)16(23)14-13-15-9-4-3-5-10-15/h3-7,9-12,16,18H,2,8,13-14H2,1H3,(H,24,27). The van der Waals surface area contributed by atoms with Gasteiger partial charge in [0.1, 0.15) is 5.52 Å². The number of hydrogen-bond acceptors (Lipinski definition) is 4. The van der Waals surface area contributed by atoms with E-state index in [-0.39, 0.29) is 12.3 Å². The smallest absolute Gasteiger partial charge is 0.266 e. The number of benzene rings is 2. The summed E-state index contributed by atoms with van der Waals surface area (Å²) in [6, 6.07) is 15.6. The second-order valence-electron chi connectivity index (χ2n) is 6.69. The first-order chi connectivity index (χ1) is 13.6. The zero-order valence-electron chi connectivity index (χ0n) is 15.7. The molecule has 0 saturated heterocycles. The lowest BCUT2D eigenvalue weighted by Crippen LogP contribution is -2.44. The number of ketones is 1. The highest BCUT2D eigenvalue weighted by Crippen LogP contribution is 2.17. The Balaban J connectivity index is 1.64. The summed E-state index contributed by atoms with van der Waals surface area (Å²) in [7, 11) is 0. The number of halogens is 1. The molecule has 2 atom stereocenters. The zero-order chi connectivity index (χ0) is 19.9. The Kier molecular flexibility index (Phi) is 6.53. The van der Waals surface area contributed by atoms with Gasteiger partial charge in [0.2, 0.25) is 5.78 Å². The molecule has 1 heterocycles. The third kappa shape index (κ3) is 4.82. The number of aryl methyl sites for hydroxylation is 1. The monoisotopic (exact) mass is 382 g/mol. The predicted molar refractivity (Wildman–Crippen MR) is 105 cm³/mol. The van der Waals surface area contributed by atoms with E-state index in [1.165, 1.54) is 0 Å². The molecule has 3 aromatic rings. The average molecular weight is 382 g/mol. The maximum atomic E-state index is 14.4. The predicted octanol–water partition coefficient (Wildman–Crippen LogP) is 4.27. The van der Waals surface area contributed by atoms with Crippen LogP contribution >= 0.6 is 0 Å². The second-order valence-corrected chi connectivity index (χ2v) is 6.69. The van der Waals surface area contributed by atoms with Crippen molar-refractivity contribution >= 4 is 22.8 Å². The van der Waals surface area contributed by atoms with E-state index in [4.69, 9.17) is 4.42 Å². The third-order valence-electron chi connectivity index (χ3n) is 4.53. The summed E-state index contributed by atoms with van der Waals surface area (Å²) in [6.07, 6.45) is -0.137. The van der Waals surface area contributed by atoms with Gasteiger partial charge in [-0.25, -0.2) is 9.37 Å². The maximum absolute atomic E-state index is 14.4. The van der Waals surface area contributed by atoms with Gasteiger partial charge in [0.25, 0.3) is 11.8 Å². The van der Waals surface area contributed by atoms with Gasteiger partial charge in [0.15, 0.2) is 11.8 Å². The normalized spacial score (nSPS) is 13.2. The van der Waals surface area contributed by atoms with Crippen LogP contribution in [0.15, 0.2) is 59.0 Å². The Morgan fingerprint density at radius 3 is 2.50 bits per heavy atom. The Bertz CT molecular complexity index is 906. The van der Waals surface area contributed by atoms with Crippen LogP contribution in [0.25, 0.3) is 11.1 Å². The van der Waals surface area contributed by atoms with Crippen LogP contribution in [0.2, 0.25) is 0 Å². The minimum absolute atomic E-state index is 0.0613. The number of alkyl halides is 1. The summed E-state index contributed by atoms with van der Waals surface area (Å²) in [4.78, 5) is 29.2. The van der Waals surface area contributed by atoms with Crippen molar-refractivity contribution in [2.24, 2.45) is 0 Å². The van der Waals surface area contributed by atoms with Crippen LogP contribution in [0, 0.1) is 0 Å². The van der Waals surface area contributed by atoms with Crippen molar-refractivity contribution in [1.29, 1.82) is 0 Å². The molecule has 1 amide bonds. The van der Waals surface area contributed by atoms with Crippen molar-refractivity contribution in [3.8, 4) is 0 Å². The molecule has 0 saturated carbocycles. The molecule has 2 aromatic carbocycles. The van der Waals surface area contributed by atoms with E-state index in [9.17, 15) is 14.0 Å². The first kappa shape index (κ1) is 19.7. The molecule has 0 fully saturated rings. The van der Waals surface area contributed by atoms with E-state index in [2.05, 4.69) is 10.3 Å². The number of fused-ring (bicyclic) bond motifs is 1. The highest BCUT2D eigenvalue weighted by Gasteiger charge is 2.28. The van der Waals surface area contributed by atoms with Crippen LogP contribution in [0.3, 0.4) is 0 Å². The molecular weight excluding hydrogens is 359 g/mol. The number of rotatable bonds is 9. The van der Waals surface area contributed by atoms with Crippen molar-refractivity contribution < 1.29 is 18.4 Å². The molecule has 5 nitrogen and oxygen atoms in total. The summed E-state index contributed by atoms with van der Waals surface area (Å²) in [5, 5.41) is 2.53. The molecule has 1 N–H and O–H groups in total. The zero-order valence-corrected chi connectivity index (χ0v) is 15.7. The number of nitrogens with zero attached hydrogens (tertiary/aromatic N) is 1. The number of carbonyl (C=O) groups is 2. The molecule has 0 bridgehead atoms. The van der Waals surface area contributed by atoms with Gasteiger partial charge >= 0.3 is 0 Å². The fourth-order valence-electron chi connectivity index (χ4n) is 3.02. The van der Waals surface area contributed by atoms with E-state index < -0.39 is 23.9 Å². The lowest BCUT2D eigenvalue weighted by molar-refractivity contribution is -0.126. The highest BCUT2D eigenvalue weighted by molar-refractivity contribution is 6.00. The van der Waals surface area contributed by atoms with Crippen LogP contribution < -0.4 is 5.32 Å². The van der Waals surface area contributed by atoms with Gasteiger partial charge in [-0.1, -0.05) is 55.8 Å². The minimum Gasteiger partial charge on any atom is -0.434 e. The molecule has 28 heavy (non-hydrogen) atoms. The Morgan fingerprint density at radius 1 is 1.07 bits per heavy atom. The number of amides is 1. The van der Waals surface area contributed by atoms with Gasteiger partial charge in [-0.3, -0.25) is 9.59 Å². The Morgan fingerprint density at radius 2 is 1.79 bits per heavy atom. The lowest BCUT2D eigenvalue weighted by atomic mass is 10.0. The lowest BCUT2D eigenvalue weighted by Gasteiger charge is -2.17. The summed E-state index contributed by atoms with van der Waals surface area (Å²) in [6.45, 7) is 1.89. The van der Waals surface area contributed by atoms with E-state index in [0.29, 0.717) is 30.4 Å². The SMILES string of the molecule is CCCC(NC(=O)C(F)CCc1ccccc1)C(=O)c1nc2ccccc2o1. The second kappa shape index (κ2) is 9.26. The molecule has 0 aliphatic heterocycles. The molecule has 6 heteroatoms. The quantitative estimate of drug-likeness (QED) is 0.561. The molecular formula is C22H23FN2O3. The first-order valence-corrected chi connectivity index (χ1v) is 9.46. The van der Waals surface area contributed by atoms with Crippen molar-refractivity contribution in [2.75, 3.05) is 0 Å². The van der Waals surface area contributed by atoms with Crippen molar-refractivity contribution in [1.82, 2.24) is 10.3 Å². The molecule has 0 aliphatic rings. The highest BCUT2D eigenvalue weighted by atomic mass is 19.1. The fraction of sp³-hybridized carbons (Fsp3) is 0.318. The molecule has 0 aliphatic carbocycles. The van der Waals surface area contributed by atoms with Gasteiger partial charge in [0.05, 0.1) is 6.04 Å². The van der Waals surface area contributed by atoms with E-state index in [1.54, 1.807) is 24.3 Å². The molecule has 3 rings (SSSR count). The first-order valence-electron chi connectivity index (χ1n) is 9.46. The van der Waals surface area contributed by atoms with Crippen molar-refractivity contribution in [3.05, 3.63) is 66.1 Å².